The second-order valence-corrected chi connectivity index (χ2v) is 3.65. The Kier molecular flexibility index (Phi) is 4.90. The molecule has 0 radical (unpaired) electrons. The molecule has 0 amide bonds. The summed E-state index contributed by atoms with van der Waals surface area (Å²) < 4.78 is 7.40. The van der Waals surface area contributed by atoms with Gasteiger partial charge in [-0.3, -0.25) is 10.1 Å². The topological polar surface area (TPSA) is 69.4 Å². The molecule has 0 N–H and O–H groups in total. The molecule has 5 nitrogen and oxygen atoms in total. The van der Waals surface area contributed by atoms with Crippen molar-refractivity contribution >= 4 is 34.2 Å². The number of carbonyl (C=O) groups excluding carboxylic acids is 1. The average Bonchev–Trinajstić information content (AvgIpc) is 2.28. The van der Waals surface area contributed by atoms with Gasteiger partial charge in [-0.15, -0.1) is 0 Å². The van der Waals surface area contributed by atoms with Crippen LogP contribution in [0, 0.1) is 26.9 Å². The van der Waals surface area contributed by atoms with Crippen molar-refractivity contribution in [2.24, 2.45) is 0 Å². The first kappa shape index (κ1) is 13.4. The van der Waals surface area contributed by atoms with Gasteiger partial charge in [-0.05, 0) is 23.0 Å². The Bertz CT molecular complexity index is 516. The lowest BCUT2D eigenvalue weighted by atomic mass is 10.1. The summed E-state index contributed by atoms with van der Waals surface area (Å²) in [5.74, 6) is 2.04. The van der Waals surface area contributed by atoms with E-state index in [9.17, 15) is 14.9 Å². The molecule has 0 aromatic heterocycles. The van der Waals surface area contributed by atoms with Crippen LogP contribution in [-0.4, -0.2) is 17.5 Å². The van der Waals surface area contributed by atoms with Crippen LogP contribution < -0.4 is 0 Å². The van der Waals surface area contributed by atoms with E-state index in [2.05, 4.69) is 9.85 Å². The summed E-state index contributed by atoms with van der Waals surface area (Å²) in [6, 6.07) is 4.08. The molecule has 17 heavy (non-hydrogen) atoms. The van der Waals surface area contributed by atoms with Crippen LogP contribution in [-0.2, 0) is 4.74 Å². The number of benzene rings is 1. The second kappa shape index (κ2) is 6.20. The third kappa shape index (κ3) is 3.71. The molecule has 0 unspecified atom stereocenters. The molecule has 0 aliphatic carbocycles. The number of nitrogens with zero attached hydrogens (tertiary/aromatic N) is 1. The fourth-order valence-corrected chi connectivity index (χ4v) is 1.36. The number of carbonyl (C=O) groups is 1. The van der Waals surface area contributed by atoms with Gasteiger partial charge < -0.3 is 4.74 Å². The van der Waals surface area contributed by atoms with Gasteiger partial charge in [-0.2, -0.15) is 0 Å². The highest BCUT2D eigenvalue weighted by Gasteiger charge is 2.14. The van der Waals surface area contributed by atoms with E-state index in [1.54, 1.807) is 6.92 Å². The van der Waals surface area contributed by atoms with Crippen LogP contribution in [0.2, 0.25) is 0 Å². The Morgan fingerprint density at radius 1 is 1.59 bits per heavy atom. The van der Waals surface area contributed by atoms with E-state index in [0.29, 0.717) is 5.56 Å². The van der Waals surface area contributed by atoms with Crippen molar-refractivity contribution in [3.8, 4) is 9.85 Å². The Labute approximate surface area is 111 Å². The summed E-state index contributed by atoms with van der Waals surface area (Å²) in [5.41, 5.74) is 0.682. The van der Waals surface area contributed by atoms with Crippen molar-refractivity contribution in [2.75, 3.05) is 6.61 Å². The van der Waals surface area contributed by atoms with E-state index in [-0.39, 0.29) is 17.9 Å². The Hall–Kier alpha value is -1.62. The first-order valence-corrected chi connectivity index (χ1v) is 5.64. The number of ether oxygens (including phenoxy) is 1. The van der Waals surface area contributed by atoms with E-state index in [4.69, 9.17) is 4.74 Å². The number of nitro groups is 1. The van der Waals surface area contributed by atoms with Crippen LogP contribution >= 0.6 is 22.6 Å². The van der Waals surface area contributed by atoms with Crippen LogP contribution in [0.25, 0.3) is 0 Å². The summed E-state index contributed by atoms with van der Waals surface area (Å²) in [5, 5.41) is 10.6. The zero-order valence-corrected chi connectivity index (χ0v) is 11.1. The van der Waals surface area contributed by atoms with Gasteiger partial charge in [0.1, 0.15) is 0 Å². The molecule has 0 saturated heterocycles. The van der Waals surface area contributed by atoms with Crippen LogP contribution in [0.15, 0.2) is 18.2 Å². The van der Waals surface area contributed by atoms with Gasteiger partial charge >= 0.3 is 5.97 Å². The van der Waals surface area contributed by atoms with Crippen molar-refractivity contribution in [3.63, 3.8) is 0 Å². The highest BCUT2D eigenvalue weighted by Crippen LogP contribution is 2.19. The summed E-state index contributed by atoms with van der Waals surface area (Å²) in [7, 11) is 0. The van der Waals surface area contributed by atoms with Crippen LogP contribution in [0.4, 0.5) is 5.69 Å². The monoisotopic (exact) mass is 345 g/mol. The van der Waals surface area contributed by atoms with Gasteiger partial charge in [0, 0.05) is 34.2 Å². The summed E-state index contributed by atoms with van der Waals surface area (Å²) in [6.45, 7) is 1.58. The van der Waals surface area contributed by atoms with Gasteiger partial charge in [-0.25, -0.2) is 4.79 Å². The number of hydrogen-bond donors (Lipinski definition) is 0. The third-order valence-electron chi connectivity index (χ3n) is 1.97. The number of hydrogen-bond acceptors (Lipinski definition) is 4. The van der Waals surface area contributed by atoms with E-state index in [1.807, 2.05) is 22.6 Å². The lowest BCUT2D eigenvalue weighted by molar-refractivity contribution is -0.385. The fraction of sp³-hybridized carbons (Fsp3) is 0.182. The molecule has 88 valence electrons. The maximum Gasteiger partial charge on any atom is 0.339 e. The molecule has 0 spiro atoms. The highest BCUT2D eigenvalue weighted by molar-refractivity contribution is 14.1. The first-order chi connectivity index (χ1) is 8.06. The fourth-order valence-electron chi connectivity index (χ4n) is 1.20. The molecule has 0 aliphatic rings. The lowest BCUT2D eigenvalue weighted by Gasteiger charge is -2.02. The van der Waals surface area contributed by atoms with E-state index >= 15 is 0 Å². The summed E-state index contributed by atoms with van der Waals surface area (Å²) in [4.78, 5) is 21.6. The number of rotatable bonds is 3. The van der Waals surface area contributed by atoms with Gasteiger partial charge in [0.15, 0.2) is 6.61 Å². The molecular formula is C11H8INO4. The minimum atomic E-state index is -0.540. The summed E-state index contributed by atoms with van der Waals surface area (Å²) in [6.07, 6.45) is 0. The van der Waals surface area contributed by atoms with Crippen molar-refractivity contribution in [1.29, 1.82) is 0 Å². The Morgan fingerprint density at radius 2 is 2.29 bits per heavy atom. The molecule has 0 saturated carbocycles. The normalized spacial score (nSPS) is 9.06. The van der Waals surface area contributed by atoms with Crippen molar-refractivity contribution < 1.29 is 14.5 Å². The molecule has 0 aliphatic heterocycles. The average molecular weight is 345 g/mol. The largest absolute Gasteiger partial charge is 0.449 e. The molecule has 1 aromatic carbocycles. The van der Waals surface area contributed by atoms with Crippen molar-refractivity contribution in [3.05, 3.63) is 39.4 Å². The molecule has 1 rings (SSSR count). The number of halogens is 1. The van der Waals surface area contributed by atoms with Crippen LogP contribution in [0.3, 0.4) is 0 Å². The van der Waals surface area contributed by atoms with Crippen LogP contribution in [0.1, 0.15) is 15.9 Å². The maximum absolute atomic E-state index is 11.5. The zero-order valence-electron chi connectivity index (χ0n) is 8.90. The molecule has 0 atom stereocenters. The van der Waals surface area contributed by atoms with Gasteiger partial charge in [0.05, 0.1) is 10.5 Å². The highest BCUT2D eigenvalue weighted by atomic mass is 127. The minimum Gasteiger partial charge on any atom is -0.449 e. The molecule has 0 fully saturated rings. The number of nitro benzene ring substituents is 1. The number of esters is 1. The molecular weight excluding hydrogens is 337 g/mol. The van der Waals surface area contributed by atoms with Crippen LogP contribution in [0.5, 0.6) is 0 Å². The molecule has 1 aromatic rings. The predicted octanol–water partition coefficient (Wildman–Crippen LogP) is 2.46. The third-order valence-corrected chi connectivity index (χ3v) is 2.35. The van der Waals surface area contributed by atoms with Gasteiger partial charge in [0.25, 0.3) is 5.69 Å². The smallest absolute Gasteiger partial charge is 0.339 e. The van der Waals surface area contributed by atoms with E-state index in [0.717, 1.165) is 0 Å². The second-order valence-electron chi connectivity index (χ2n) is 3.11. The predicted molar refractivity (Wildman–Crippen MR) is 69.9 cm³/mol. The SMILES string of the molecule is Cc1cc(C(=O)OCC#CI)ccc1[N+](=O)[O-]. The summed E-state index contributed by atoms with van der Waals surface area (Å²) >= 11 is 1.84. The zero-order chi connectivity index (χ0) is 12.8. The van der Waals surface area contributed by atoms with E-state index in [1.165, 1.54) is 18.2 Å². The van der Waals surface area contributed by atoms with E-state index < -0.39 is 10.9 Å². The Balaban J connectivity index is 2.85. The standard InChI is InChI=1S/C11H8INO4/c1-8-7-9(3-4-10(8)13(15)16)11(14)17-6-2-5-12/h3-4,7H,6H2,1H3. The number of aryl methyl sites for hydroxylation is 1. The molecule has 6 heteroatoms. The Morgan fingerprint density at radius 3 is 2.82 bits per heavy atom. The molecule has 0 heterocycles. The maximum atomic E-state index is 11.5. The van der Waals surface area contributed by atoms with Crippen molar-refractivity contribution in [1.82, 2.24) is 0 Å². The van der Waals surface area contributed by atoms with Crippen molar-refractivity contribution in [2.45, 2.75) is 6.92 Å². The molecule has 0 bridgehead atoms. The van der Waals surface area contributed by atoms with Gasteiger partial charge in [0.2, 0.25) is 0 Å². The first-order valence-electron chi connectivity index (χ1n) is 4.57. The minimum absolute atomic E-state index is 0.0117. The quantitative estimate of drug-likeness (QED) is 0.277. The lowest BCUT2D eigenvalue weighted by Crippen LogP contribution is -2.06. The van der Waals surface area contributed by atoms with Gasteiger partial charge in [-0.1, -0.05) is 5.92 Å².